The molecule has 0 saturated carbocycles. The van der Waals surface area contributed by atoms with Gasteiger partial charge in [-0.15, -0.1) is 0 Å². The summed E-state index contributed by atoms with van der Waals surface area (Å²) in [5, 5.41) is 2.49. The van der Waals surface area contributed by atoms with Gasteiger partial charge in [-0.25, -0.2) is 0 Å². The number of primary amides is 1. The standard InChI is InChI=1S/C16H21N3O5/c1-7(2)19-6-10(5-11(19)21)15(23)18-16-13(14(17)22)12(8(3)20)9(4)24-16/h7,10H,5-6H2,1-4H3,(H2,17,22)(H,18,23). The first-order chi connectivity index (χ1) is 11.1. The zero-order valence-electron chi connectivity index (χ0n) is 14.1. The average molecular weight is 335 g/mol. The lowest BCUT2D eigenvalue weighted by Gasteiger charge is -2.20. The van der Waals surface area contributed by atoms with Gasteiger partial charge in [0.2, 0.25) is 17.7 Å². The summed E-state index contributed by atoms with van der Waals surface area (Å²) >= 11 is 0. The van der Waals surface area contributed by atoms with Crippen molar-refractivity contribution in [3.05, 3.63) is 16.9 Å². The Morgan fingerprint density at radius 2 is 1.92 bits per heavy atom. The Morgan fingerprint density at radius 3 is 2.38 bits per heavy atom. The number of nitrogens with one attached hydrogen (secondary N) is 1. The number of amides is 3. The number of hydrogen-bond acceptors (Lipinski definition) is 5. The highest BCUT2D eigenvalue weighted by atomic mass is 16.4. The summed E-state index contributed by atoms with van der Waals surface area (Å²) in [6.07, 6.45) is 0.0924. The molecule has 0 radical (unpaired) electrons. The van der Waals surface area contributed by atoms with Gasteiger partial charge in [0.15, 0.2) is 5.78 Å². The summed E-state index contributed by atoms with van der Waals surface area (Å²) in [5.41, 5.74) is 5.23. The van der Waals surface area contributed by atoms with Crippen molar-refractivity contribution in [1.82, 2.24) is 4.90 Å². The first kappa shape index (κ1) is 17.7. The Morgan fingerprint density at radius 1 is 1.29 bits per heavy atom. The van der Waals surface area contributed by atoms with Crippen LogP contribution >= 0.6 is 0 Å². The Hall–Kier alpha value is -2.64. The van der Waals surface area contributed by atoms with Crippen LogP contribution < -0.4 is 11.1 Å². The molecule has 1 atom stereocenters. The zero-order valence-corrected chi connectivity index (χ0v) is 14.1. The van der Waals surface area contributed by atoms with Crippen molar-refractivity contribution in [2.24, 2.45) is 11.7 Å². The van der Waals surface area contributed by atoms with Crippen molar-refractivity contribution >= 4 is 29.4 Å². The summed E-state index contributed by atoms with van der Waals surface area (Å²) in [6.45, 7) is 6.84. The van der Waals surface area contributed by atoms with Gasteiger partial charge in [-0.2, -0.15) is 0 Å². The third-order valence-electron chi connectivity index (χ3n) is 4.07. The monoisotopic (exact) mass is 335 g/mol. The molecular weight excluding hydrogens is 314 g/mol. The molecular formula is C16H21N3O5. The Labute approximate surface area is 139 Å². The first-order valence-corrected chi connectivity index (χ1v) is 7.67. The number of ketones is 1. The van der Waals surface area contributed by atoms with Gasteiger partial charge in [-0.1, -0.05) is 0 Å². The molecule has 0 aliphatic carbocycles. The Kier molecular flexibility index (Phi) is 4.77. The second kappa shape index (κ2) is 6.46. The molecule has 2 heterocycles. The van der Waals surface area contributed by atoms with E-state index in [0.29, 0.717) is 6.54 Å². The van der Waals surface area contributed by atoms with Crippen LogP contribution in [0, 0.1) is 12.8 Å². The van der Waals surface area contributed by atoms with Gasteiger partial charge in [0, 0.05) is 19.0 Å². The van der Waals surface area contributed by atoms with Gasteiger partial charge in [0.1, 0.15) is 11.3 Å². The molecule has 1 aliphatic rings. The molecule has 130 valence electrons. The molecule has 1 aromatic rings. The number of likely N-dealkylation sites (tertiary alicyclic amines) is 1. The molecule has 24 heavy (non-hydrogen) atoms. The number of rotatable bonds is 5. The number of Topliss-reactive ketones (excluding diaryl/α,β-unsaturated/α-hetero) is 1. The summed E-state index contributed by atoms with van der Waals surface area (Å²) in [6, 6.07) is 0.00616. The van der Waals surface area contributed by atoms with Crippen molar-refractivity contribution in [2.75, 3.05) is 11.9 Å². The van der Waals surface area contributed by atoms with Crippen LogP contribution in [0.25, 0.3) is 0 Å². The van der Waals surface area contributed by atoms with E-state index >= 15 is 0 Å². The second-order valence-corrected chi connectivity index (χ2v) is 6.19. The van der Waals surface area contributed by atoms with E-state index < -0.39 is 17.7 Å². The molecule has 0 bridgehead atoms. The lowest BCUT2D eigenvalue weighted by molar-refractivity contribution is -0.129. The van der Waals surface area contributed by atoms with Crippen LogP contribution in [0.4, 0.5) is 5.88 Å². The minimum atomic E-state index is -0.862. The van der Waals surface area contributed by atoms with Crippen molar-refractivity contribution in [3.8, 4) is 0 Å². The highest BCUT2D eigenvalue weighted by Gasteiger charge is 2.36. The van der Waals surface area contributed by atoms with Crippen LogP contribution in [0.1, 0.15) is 53.7 Å². The fraction of sp³-hybridized carbons (Fsp3) is 0.500. The molecule has 2 rings (SSSR count). The molecule has 1 aromatic heterocycles. The van der Waals surface area contributed by atoms with Gasteiger partial charge < -0.3 is 15.1 Å². The fourth-order valence-corrected chi connectivity index (χ4v) is 2.91. The molecule has 1 saturated heterocycles. The number of anilines is 1. The Bertz CT molecular complexity index is 720. The number of nitrogens with zero attached hydrogens (tertiary/aromatic N) is 1. The number of hydrogen-bond donors (Lipinski definition) is 2. The van der Waals surface area contributed by atoms with E-state index in [9.17, 15) is 19.2 Å². The van der Waals surface area contributed by atoms with Crippen molar-refractivity contribution in [1.29, 1.82) is 0 Å². The summed E-state index contributed by atoms with van der Waals surface area (Å²) in [4.78, 5) is 49.3. The molecule has 8 nitrogen and oxygen atoms in total. The highest BCUT2D eigenvalue weighted by Crippen LogP contribution is 2.29. The van der Waals surface area contributed by atoms with Crippen LogP contribution in [0.2, 0.25) is 0 Å². The summed E-state index contributed by atoms with van der Waals surface area (Å²) in [7, 11) is 0. The molecule has 0 spiro atoms. The van der Waals surface area contributed by atoms with Crippen LogP contribution in [0.15, 0.2) is 4.42 Å². The molecule has 1 fully saturated rings. The van der Waals surface area contributed by atoms with E-state index in [-0.39, 0.29) is 46.9 Å². The SMILES string of the molecule is CC(=O)c1c(C)oc(NC(=O)C2CC(=O)N(C(C)C)C2)c1C(N)=O. The van der Waals surface area contributed by atoms with E-state index in [1.54, 1.807) is 4.90 Å². The van der Waals surface area contributed by atoms with Crippen LogP contribution in [-0.2, 0) is 9.59 Å². The highest BCUT2D eigenvalue weighted by molar-refractivity contribution is 6.12. The average Bonchev–Trinajstić information content (AvgIpc) is 2.99. The number of nitrogens with two attached hydrogens (primary N) is 1. The zero-order chi connectivity index (χ0) is 18.2. The van der Waals surface area contributed by atoms with Gasteiger partial charge in [0.25, 0.3) is 5.91 Å². The van der Waals surface area contributed by atoms with Gasteiger partial charge >= 0.3 is 0 Å². The van der Waals surface area contributed by atoms with Crippen molar-refractivity contribution < 1.29 is 23.6 Å². The number of aryl methyl sites for hydroxylation is 1. The lowest BCUT2D eigenvalue weighted by atomic mass is 10.1. The van der Waals surface area contributed by atoms with E-state index in [1.807, 2.05) is 13.8 Å². The number of furan rings is 1. The maximum absolute atomic E-state index is 12.4. The maximum atomic E-state index is 12.4. The van der Waals surface area contributed by atoms with E-state index in [0.717, 1.165) is 0 Å². The Balaban J connectivity index is 2.24. The molecule has 1 unspecified atom stereocenters. The van der Waals surface area contributed by atoms with Crippen molar-refractivity contribution in [2.45, 2.75) is 40.2 Å². The predicted octanol–water partition coefficient (Wildman–Crippen LogP) is 1.08. The molecule has 1 aliphatic heterocycles. The molecule has 3 N–H and O–H groups in total. The summed E-state index contributed by atoms with van der Waals surface area (Å²) < 4.78 is 5.35. The smallest absolute Gasteiger partial charge is 0.255 e. The van der Waals surface area contributed by atoms with Gasteiger partial charge in [-0.05, 0) is 27.7 Å². The van der Waals surface area contributed by atoms with E-state index in [2.05, 4.69) is 5.32 Å². The minimum absolute atomic E-state index is 0.00616. The largest absolute Gasteiger partial charge is 0.444 e. The number of carbonyl (C=O) groups excluding carboxylic acids is 4. The van der Waals surface area contributed by atoms with E-state index in [4.69, 9.17) is 10.2 Å². The molecule has 3 amide bonds. The topological polar surface area (TPSA) is 123 Å². The van der Waals surface area contributed by atoms with Crippen LogP contribution in [0.3, 0.4) is 0 Å². The van der Waals surface area contributed by atoms with Gasteiger partial charge in [0.05, 0.1) is 11.5 Å². The van der Waals surface area contributed by atoms with Crippen LogP contribution in [-0.4, -0.2) is 41.0 Å². The van der Waals surface area contributed by atoms with Gasteiger partial charge in [-0.3, -0.25) is 24.5 Å². The second-order valence-electron chi connectivity index (χ2n) is 6.19. The first-order valence-electron chi connectivity index (χ1n) is 7.67. The lowest BCUT2D eigenvalue weighted by Crippen LogP contribution is -2.33. The third kappa shape index (κ3) is 3.17. The minimum Gasteiger partial charge on any atom is -0.444 e. The van der Waals surface area contributed by atoms with Crippen molar-refractivity contribution in [3.63, 3.8) is 0 Å². The number of carbonyl (C=O) groups is 4. The third-order valence-corrected chi connectivity index (χ3v) is 4.07. The normalized spacial score (nSPS) is 17.5. The predicted molar refractivity (Wildman–Crippen MR) is 85.6 cm³/mol. The van der Waals surface area contributed by atoms with E-state index in [1.165, 1.54) is 13.8 Å². The van der Waals surface area contributed by atoms with Crippen LogP contribution in [0.5, 0.6) is 0 Å². The quantitative estimate of drug-likeness (QED) is 0.780. The maximum Gasteiger partial charge on any atom is 0.255 e. The summed E-state index contributed by atoms with van der Waals surface area (Å²) in [5.74, 6) is -2.28. The fourth-order valence-electron chi connectivity index (χ4n) is 2.91. The molecule has 0 aromatic carbocycles. The molecule has 8 heteroatoms.